The highest BCUT2D eigenvalue weighted by Crippen LogP contribution is 2.27. The van der Waals surface area contributed by atoms with Crippen molar-refractivity contribution in [3.63, 3.8) is 0 Å². The Bertz CT molecular complexity index is 612. The quantitative estimate of drug-likeness (QED) is 0.910. The fourth-order valence-corrected chi connectivity index (χ4v) is 3.57. The summed E-state index contributed by atoms with van der Waals surface area (Å²) in [6.07, 6.45) is 6.75. The summed E-state index contributed by atoms with van der Waals surface area (Å²) in [7, 11) is 0. The number of nitrogens with zero attached hydrogens (tertiary/aromatic N) is 2. The van der Waals surface area contributed by atoms with E-state index in [0.717, 1.165) is 23.9 Å². The van der Waals surface area contributed by atoms with Crippen LogP contribution >= 0.6 is 11.8 Å². The number of fused-ring (bicyclic) bond motifs is 1. The van der Waals surface area contributed by atoms with Gasteiger partial charge in [0.05, 0.1) is 0 Å². The monoisotopic (exact) mass is 290 g/mol. The van der Waals surface area contributed by atoms with E-state index in [2.05, 4.69) is 27.0 Å². The van der Waals surface area contributed by atoms with Gasteiger partial charge in [0, 0.05) is 16.9 Å². The lowest BCUT2D eigenvalue weighted by molar-refractivity contribution is 0.0928. The van der Waals surface area contributed by atoms with Gasteiger partial charge in [0.1, 0.15) is 11.0 Å². The fourth-order valence-electron chi connectivity index (χ4n) is 2.74. The average molecular weight is 290 g/mol. The van der Waals surface area contributed by atoms with Gasteiger partial charge in [0.15, 0.2) is 0 Å². The van der Waals surface area contributed by atoms with Crippen LogP contribution in [0, 0.1) is 0 Å². The molecule has 2 aromatic rings. The molecule has 0 saturated heterocycles. The zero-order valence-corrected chi connectivity index (χ0v) is 12.2. The molecule has 0 spiro atoms. The van der Waals surface area contributed by atoms with Crippen LogP contribution in [0.3, 0.4) is 0 Å². The second kappa shape index (κ2) is 5.83. The molecule has 2 atom stereocenters. The summed E-state index contributed by atoms with van der Waals surface area (Å²) < 4.78 is 0. The number of aromatic nitrogens is 3. The number of rotatable bonds is 3. The maximum Gasteiger partial charge on any atom is 0.251 e. The number of benzene rings is 1. The molecule has 1 saturated carbocycles. The number of hydrogen-bond donors (Lipinski definition) is 2. The second-order valence-electron chi connectivity index (χ2n) is 5.22. The first-order chi connectivity index (χ1) is 9.76. The number of hydrogen-bond acceptors (Lipinski definition) is 4. The van der Waals surface area contributed by atoms with Crippen LogP contribution in [0.15, 0.2) is 18.2 Å². The molecule has 20 heavy (non-hydrogen) atoms. The Balaban J connectivity index is 1.69. The summed E-state index contributed by atoms with van der Waals surface area (Å²) in [6, 6.07) is 5.69. The van der Waals surface area contributed by atoms with Gasteiger partial charge in [0.2, 0.25) is 0 Å². The van der Waals surface area contributed by atoms with Gasteiger partial charge < -0.3 is 5.32 Å². The number of nitrogens with one attached hydrogen (secondary N) is 2. The third kappa shape index (κ3) is 2.80. The van der Waals surface area contributed by atoms with E-state index in [0.29, 0.717) is 16.9 Å². The molecule has 2 N–H and O–H groups in total. The van der Waals surface area contributed by atoms with E-state index in [-0.39, 0.29) is 5.91 Å². The van der Waals surface area contributed by atoms with Gasteiger partial charge in [-0.25, -0.2) is 0 Å². The molecule has 0 radical (unpaired) electrons. The molecule has 1 aromatic heterocycles. The van der Waals surface area contributed by atoms with Gasteiger partial charge in [-0.05, 0) is 43.7 Å². The Labute approximate surface area is 121 Å². The minimum Gasteiger partial charge on any atom is -0.349 e. The summed E-state index contributed by atoms with van der Waals surface area (Å²) in [4.78, 5) is 12.3. The van der Waals surface area contributed by atoms with Crippen molar-refractivity contribution < 1.29 is 4.79 Å². The molecule has 6 heteroatoms. The van der Waals surface area contributed by atoms with Crippen molar-refractivity contribution in [3.05, 3.63) is 23.8 Å². The van der Waals surface area contributed by atoms with Crippen molar-refractivity contribution in [3.8, 4) is 0 Å². The first-order valence-electron chi connectivity index (χ1n) is 6.90. The number of amides is 1. The van der Waals surface area contributed by atoms with Gasteiger partial charge in [0.25, 0.3) is 5.91 Å². The highest BCUT2D eigenvalue weighted by atomic mass is 32.2. The Morgan fingerprint density at radius 3 is 3.05 bits per heavy atom. The number of carbonyl (C=O) groups excluding carboxylic acids is 1. The van der Waals surface area contributed by atoms with Crippen LogP contribution in [0.2, 0.25) is 0 Å². The Morgan fingerprint density at radius 1 is 1.35 bits per heavy atom. The van der Waals surface area contributed by atoms with Gasteiger partial charge in [-0.3, -0.25) is 4.79 Å². The summed E-state index contributed by atoms with van der Waals surface area (Å²) in [6.45, 7) is 0. The van der Waals surface area contributed by atoms with Crippen LogP contribution in [-0.2, 0) is 0 Å². The summed E-state index contributed by atoms with van der Waals surface area (Å²) in [5.41, 5.74) is 2.16. The van der Waals surface area contributed by atoms with Crippen LogP contribution in [-0.4, -0.2) is 38.9 Å². The van der Waals surface area contributed by atoms with Crippen LogP contribution in [0.4, 0.5) is 0 Å². The van der Waals surface area contributed by atoms with Crippen molar-refractivity contribution in [2.75, 3.05) is 6.26 Å². The van der Waals surface area contributed by atoms with Crippen molar-refractivity contribution in [2.24, 2.45) is 0 Å². The fraction of sp³-hybridized carbons (Fsp3) is 0.500. The average Bonchev–Trinajstić information content (AvgIpc) is 2.94. The number of carbonyl (C=O) groups is 1. The highest BCUT2D eigenvalue weighted by molar-refractivity contribution is 7.99. The Kier molecular flexibility index (Phi) is 3.91. The van der Waals surface area contributed by atoms with E-state index in [4.69, 9.17) is 0 Å². The van der Waals surface area contributed by atoms with E-state index in [9.17, 15) is 4.79 Å². The van der Waals surface area contributed by atoms with Crippen LogP contribution < -0.4 is 5.32 Å². The molecule has 1 aliphatic rings. The zero-order valence-electron chi connectivity index (χ0n) is 11.4. The van der Waals surface area contributed by atoms with E-state index < -0.39 is 0 Å². The molecular formula is C14H18N4OS. The number of thioether (sulfide) groups is 1. The van der Waals surface area contributed by atoms with Crippen LogP contribution in [0.5, 0.6) is 0 Å². The molecule has 0 aliphatic heterocycles. The minimum absolute atomic E-state index is 0.0124. The molecule has 1 amide bonds. The lowest BCUT2D eigenvalue weighted by Crippen LogP contribution is -2.39. The first-order valence-corrected chi connectivity index (χ1v) is 8.19. The van der Waals surface area contributed by atoms with Crippen molar-refractivity contribution in [1.82, 2.24) is 20.7 Å². The van der Waals surface area contributed by atoms with Crippen LogP contribution in [0.1, 0.15) is 36.0 Å². The normalized spacial score (nSPS) is 22.9. The Morgan fingerprint density at radius 2 is 2.20 bits per heavy atom. The van der Waals surface area contributed by atoms with E-state index in [1.54, 1.807) is 12.1 Å². The topological polar surface area (TPSA) is 70.7 Å². The van der Waals surface area contributed by atoms with Gasteiger partial charge in [-0.2, -0.15) is 27.2 Å². The predicted octanol–water partition coefficient (Wildman–Crippen LogP) is 2.36. The lowest BCUT2D eigenvalue weighted by atomic mass is 9.94. The molecule has 1 heterocycles. The molecule has 5 nitrogen and oxygen atoms in total. The second-order valence-corrected chi connectivity index (χ2v) is 6.36. The number of aromatic amines is 1. The summed E-state index contributed by atoms with van der Waals surface area (Å²) in [5.74, 6) is -0.0124. The molecule has 3 rings (SSSR count). The molecular weight excluding hydrogens is 272 g/mol. The predicted molar refractivity (Wildman–Crippen MR) is 80.9 cm³/mol. The van der Waals surface area contributed by atoms with Crippen LogP contribution in [0.25, 0.3) is 11.0 Å². The summed E-state index contributed by atoms with van der Waals surface area (Å²) >= 11 is 1.90. The minimum atomic E-state index is -0.0124. The molecule has 0 bridgehead atoms. The zero-order chi connectivity index (χ0) is 13.9. The SMILES string of the molecule is CSC1CCCC(NC(=O)c2ccc3n[nH]nc3c2)C1. The lowest BCUT2D eigenvalue weighted by Gasteiger charge is -2.28. The van der Waals surface area contributed by atoms with Gasteiger partial charge >= 0.3 is 0 Å². The molecule has 1 aromatic carbocycles. The first kappa shape index (κ1) is 13.4. The maximum absolute atomic E-state index is 12.3. The van der Waals surface area contributed by atoms with Gasteiger partial charge in [-0.15, -0.1) is 0 Å². The van der Waals surface area contributed by atoms with Crippen molar-refractivity contribution >= 4 is 28.7 Å². The molecule has 1 fully saturated rings. The van der Waals surface area contributed by atoms with Gasteiger partial charge in [-0.1, -0.05) is 6.42 Å². The Hall–Kier alpha value is -1.56. The standard InChI is InChI=1S/C14H18N4OS/c1-20-11-4-2-3-10(8-11)15-14(19)9-5-6-12-13(7-9)17-18-16-12/h5-7,10-11H,2-4,8H2,1H3,(H,15,19)(H,16,17,18). The molecule has 106 valence electrons. The molecule has 2 unspecified atom stereocenters. The smallest absolute Gasteiger partial charge is 0.251 e. The van der Waals surface area contributed by atoms with E-state index in [1.165, 1.54) is 12.8 Å². The molecule has 1 aliphatic carbocycles. The van der Waals surface area contributed by atoms with Crippen molar-refractivity contribution in [1.29, 1.82) is 0 Å². The van der Waals surface area contributed by atoms with E-state index in [1.807, 2.05) is 17.8 Å². The van der Waals surface area contributed by atoms with E-state index >= 15 is 0 Å². The highest BCUT2D eigenvalue weighted by Gasteiger charge is 2.23. The summed E-state index contributed by atoms with van der Waals surface area (Å²) in [5, 5.41) is 14.4. The third-order valence-electron chi connectivity index (χ3n) is 3.87. The number of H-pyrrole nitrogens is 1. The maximum atomic E-state index is 12.3. The third-order valence-corrected chi connectivity index (χ3v) is 4.97. The largest absolute Gasteiger partial charge is 0.349 e. The van der Waals surface area contributed by atoms with Crippen molar-refractivity contribution in [2.45, 2.75) is 37.0 Å².